The van der Waals surface area contributed by atoms with Gasteiger partial charge in [-0.15, -0.1) is 0 Å². The number of nitrogens with zero attached hydrogens (tertiary/aromatic N) is 2. The SMILES string of the molecule is Cn1ccc(CC(O)CSC2CCCC2)n1. The minimum Gasteiger partial charge on any atom is -0.392 e. The molecule has 3 nitrogen and oxygen atoms in total. The van der Waals surface area contributed by atoms with Crippen molar-refractivity contribution in [1.29, 1.82) is 0 Å². The molecule has 0 saturated heterocycles. The average Bonchev–Trinajstić information content (AvgIpc) is 2.87. The van der Waals surface area contributed by atoms with Crippen LogP contribution in [0, 0.1) is 0 Å². The molecule has 2 rings (SSSR count). The van der Waals surface area contributed by atoms with Crippen molar-refractivity contribution in [3.05, 3.63) is 18.0 Å². The second-order valence-electron chi connectivity index (χ2n) is 4.58. The number of thioether (sulfide) groups is 1. The molecule has 1 unspecified atom stereocenters. The zero-order valence-electron chi connectivity index (χ0n) is 9.80. The van der Waals surface area contributed by atoms with Crippen LogP contribution in [0.5, 0.6) is 0 Å². The Morgan fingerprint density at radius 1 is 1.56 bits per heavy atom. The van der Waals surface area contributed by atoms with Crippen LogP contribution in [0.1, 0.15) is 31.4 Å². The normalized spacial score (nSPS) is 19.1. The number of aryl methyl sites for hydroxylation is 1. The molecule has 0 spiro atoms. The number of aliphatic hydroxyl groups excluding tert-OH is 1. The summed E-state index contributed by atoms with van der Waals surface area (Å²) in [4.78, 5) is 0. The minimum atomic E-state index is -0.250. The first-order valence-corrected chi connectivity index (χ1v) is 7.07. The maximum absolute atomic E-state index is 9.90. The van der Waals surface area contributed by atoms with Crippen LogP contribution in [-0.4, -0.2) is 32.0 Å². The maximum atomic E-state index is 9.90. The van der Waals surface area contributed by atoms with Gasteiger partial charge < -0.3 is 5.11 Å². The molecule has 0 radical (unpaired) electrons. The molecule has 1 aromatic heterocycles. The van der Waals surface area contributed by atoms with Gasteiger partial charge in [-0.1, -0.05) is 12.8 Å². The smallest absolute Gasteiger partial charge is 0.0686 e. The lowest BCUT2D eigenvalue weighted by molar-refractivity contribution is 0.198. The van der Waals surface area contributed by atoms with Crippen molar-refractivity contribution in [3.8, 4) is 0 Å². The Balaban J connectivity index is 1.69. The van der Waals surface area contributed by atoms with Gasteiger partial charge in [0.1, 0.15) is 0 Å². The number of rotatable bonds is 5. The summed E-state index contributed by atoms with van der Waals surface area (Å²) < 4.78 is 1.78. The monoisotopic (exact) mass is 240 g/mol. The largest absolute Gasteiger partial charge is 0.392 e. The first-order valence-electron chi connectivity index (χ1n) is 6.02. The molecule has 16 heavy (non-hydrogen) atoms. The summed E-state index contributed by atoms with van der Waals surface area (Å²) in [5.74, 6) is 0.848. The molecule has 4 heteroatoms. The van der Waals surface area contributed by atoms with Crippen LogP contribution in [0.2, 0.25) is 0 Å². The van der Waals surface area contributed by atoms with Crippen LogP contribution in [0.4, 0.5) is 0 Å². The molecule has 0 aliphatic heterocycles. The fraction of sp³-hybridized carbons (Fsp3) is 0.750. The van der Waals surface area contributed by atoms with Crippen LogP contribution >= 0.6 is 11.8 Å². The van der Waals surface area contributed by atoms with Crippen LogP contribution in [-0.2, 0) is 13.5 Å². The predicted molar refractivity (Wildman–Crippen MR) is 67.6 cm³/mol. The van der Waals surface area contributed by atoms with Crippen molar-refractivity contribution < 1.29 is 5.11 Å². The predicted octanol–water partition coefficient (Wildman–Crippen LogP) is 2.00. The molecule has 1 saturated carbocycles. The van der Waals surface area contributed by atoms with E-state index in [1.54, 1.807) is 4.68 Å². The Labute approximate surface area is 101 Å². The van der Waals surface area contributed by atoms with Crippen molar-refractivity contribution in [2.45, 2.75) is 43.5 Å². The van der Waals surface area contributed by atoms with Crippen molar-refractivity contribution >= 4 is 11.8 Å². The summed E-state index contributed by atoms with van der Waals surface area (Å²) in [5, 5.41) is 15.0. The van der Waals surface area contributed by atoms with E-state index in [2.05, 4.69) is 5.10 Å². The van der Waals surface area contributed by atoms with E-state index in [9.17, 15) is 5.11 Å². The molecule has 1 heterocycles. The molecular formula is C12H20N2OS. The van der Waals surface area contributed by atoms with E-state index in [0.717, 1.165) is 16.7 Å². The van der Waals surface area contributed by atoms with E-state index < -0.39 is 0 Å². The van der Waals surface area contributed by atoms with E-state index >= 15 is 0 Å². The molecule has 1 aliphatic rings. The fourth-order valence-electron chi connectivity index (χ4n) is 2.17. The highest BCUT2D eigenvalue weighted by Gasteiger charge is 2.17. The molecule has 90 valence electrons. The summed E-state index contributed by atoms with van der Waals surface area (Å²) in [6, 6.07) is 1.98. The number of hydrogen-bond donors (Lipinski definition) is 1. The highest BCUT2D eigenvalue weighted by Crippen LogP contribution is 2.29. The molecule has 1 aromatic rings. The fourth-order valence-corrected chi connectivity index (χ4v) is 3.45. The quantitative estimate of drug-likeness (QED) is 0.855. The van der Waals surface area contributed by atoms with Gasteiger partial charge in [0, 0.05) is 30.7 Å². The van der Waals surface area contributed by atoms with E-state index in [1.165, 1.54) is 25.7 Å². The molecule has 1 aliphatic carbocycles. The lowest BCUT2D eigenvalue weighted by Gasteiger charge is -2.12. The van der Waals surface area contributed by atoms with Crippen molar-refractivity contribution in [2.75, 3.05) is 5.75 Å². The lowest BCUT2D eigenvalue weighted by atomic mass is 10.2. The Morgan fingerprint density at radius 3 is 2.94 bits per heavy atom. The van der Waals surface area contributed by atoms with Gasteiger partial charge in [0.25, 0.3) is 0 Å². The number of hydrogen-bond acceptors (Lipinski definition) is 3. The van der Waals surface area contributed by atoms with Crippen LogP contribution in [0.25, 0.3) is 0 Å². The first kappa shape index (κ1) is 12.0. The zero-order chi connectivity index (χ0) is 11.4. The number of aliphatic hydroxyl groups is 1. The van der Waals surface area contributed by atoms with Crippen LogP contribution in [0.15, 0.2) is 12.3 Å². The summed E-state index contributed by atoms with van der Waals surface area (Å²) >= 11 is 1.93. The third-order valence-electron chi connectivity index (χ3n) is 3.04. The Hall–Kier alpha value is -0.480. The van der Waals surface area contributed by atoms with Crippen LogP contribution < -0.4 is 0 Å². The van der Waals surface area contributed by atoms with Gasteiger partial charge in [0.05, 0.1) is 11.8 Å². The second kappa shape index (κ2) is 5.73. The second-order valence-corrected chi connectivity index (χ2v) is 5.91. The highest BCUT2D eigenvalue weighted by molar-refractivity contribution is 7.99. The van der Waals surface area contributed by atoms with E-state index in [-0.39, 0.29) is 6.10 Å². The van der Waals surface area contributed by atoms with Gasteiger partial charge in [0.15, 0.2) is 0 Å². The summed E-state index contributed by atoms with van der Waals surface area (Å²) in [6.45, 7) is 0. The topological polar surface area (TPSA) is 38.0 Å². The number of aromatic nitrogens is 2. The Kier molecular flexibility index (Phi) is 4.29. The van der Waals surface area contributed by atoms with Crippen molar-refractivity contribution in [1.82, 2.24) is 9.78 Å². The molecular weight excluding hydrogens is 220 g/mol. The van der Waals surface area contributed by atoms with Gasteiger partial charge in [-0.25, -0.2) is 0 Å². The Morgan fingerprint density at radius 2 is 2.31 bits per heavy atom. The third-order valence-corrected chi connectivity index (χ3v) is 4.56. The standard InChI is InChI=1S/C12H20N2OS/c1-14-7-6-10(13-14)8-11(15)9-16-12-4-2-3-5-12/h6-7,11-12,15H,2-5,8-9H2,1H3. The molecule has 1 N–H and O–H groups in total. The van der Waals surface area contributed by atoms with Crippen molar-refractivity contribution in [2.24, 2.45) is 7.05 Å². The van der Waals surface area contributed by atoms with Gasteiger partial charge in [-0.3, -0.25) is 4.68 Å². The molecule has 0 amide bonds. The van der Waals surface area contributed by atoms with Gasteiger partial charge in [-0.2, -0.15) is 16.9 Å². The summed E-state index contributed by atoms with van der Waals surface area (Å²) in [6.07, 6.45) is 7.76. The molecule has 1 fully saturated rings. The Bertz CT molecular complexity index is 321. The van der Waals surface area contributed by atoms with E-state index in [1.807, 2.05) is 31.1 Å². The molecule has 0 bridgehead atoms. The highest BCUT2D eigenvalue weighted by atomic mass is 32.2. The lowest BCUT2D eigenvalue weighted by Crippen LogP contribution is -2.16. The minimum absolute atomic E-state index is 0.250. The summed E-state index contributed by atoms with van der Waals surface area (Å²) in [5.41, 5.74) is 0.988. The van der Waals surface area contributed by atoms with Crippen LogP contribution in [0.3, 0.4) is 0 Å². The third kappa shape index (κ3) is 3.52. The van der Waals surface area contributed by atoms with Gasteiger partial charge in [-0.05, 0) is 18.9 Å². The van der Waals surface area contributed by atoms with Gasteiger partial charge >= 0.3 is 0 Å². The van der Waals surface area contributed by atoms with Crippen molar-refractivity contribution in [3.63, 3.8) is 0 Å². The average molecular weight is 240 g/mol. The molecule has 1 atom stereocenters. The first-order chi connectivity index (χ1) is 7.74. The summed E-state index contributed by atoms with van der Waals surface area (Å²) in [7, 11) is 1.91. The maximum Gasteiger partial charge on any atom is 0.0686 e. The van der Waals surface area contributed by atoms with Gasteiger partial charge in [0.2, 0.25) is 0 Å². The molecule has 0 aromatic carbocycles. The van der Waals surface area contributed by atoms with E-state index in [4.69, 9.17) is 0 Å². The zero-order valence-corrected chi connectivity index (χ0v) is 10.6. The van der Waals surface area contributed by atoms with E-state index in [0.29, 0.717) is 6.42 Å².